The van der Waals surface area contributed by atoms with E-state index in [1.807, 2.05) is 30.3 Å². The minimum Gasteiger partial charge on any atom is -0.394 e. The van der Waals surface area contributed by atoms with Crippen molar-refractivity contribution in [3.8, 4) is 0 Å². The largest absolute Gasteiger partial charge is 0.394 e. The molecule has 0 saturated heterocycles. The molecule has 2 N–H and O–H groups in total. The van der Waals surface area contributed by atoms with Crippen molar-refractivity contribution in [2.45, 2.75) is 6.04 Å². The van der Waals surface area contributed by atoms with Crippen molar-refractivity contribution in [3.63, 3.8) is 0 Å². The fourth-order valence-corrected chi connectivity index (χ4v) is 2.02. The van der Waals surface area contributed by atoms with Crippen LogP contribution in [0.15, 0.2) is 36.5 Å². The zero-order valence-corrected chi connectivity index (χ0v) is 10.5. The molecule has 0 fully saturated rings. The van der Waals surface area contributed by atoms with E-state index < -0.39 is 0 Å². The zero-order chi connectivity index (χ0) is 12.8. The van der Waals surface area contributed by atoms with E-state index in [1.54, 1.807) is 13.3 Å². The van der Waals surface area contributed by atoms with Gasteiger partial charge in [-0.3, -0.25) is 4.98 Å². The number of hydrogen-bond donors (Lipinski definition) is 2. The van der Waals surface area contributed by atoms with Gasteiger partial charge in [-0.1, -0.05) is 24.3 Å². The predicted molar refractivity (Wildman–Crippen MR) is 71.4 cm³/mol. The van der Waals surface area contributed by atoms with Crippen LogP contribution < -0.4 is 5.32 Å². The maximum absolute atomic E-state index is 9.51. The highest BCUT2D eigenvalue weighted by Gasteiger charge is 2.13. The van der Waals surface area contributed by atoms with Crippen molar-refractivity contribution in [2.24, 2.45) is 0 Å². The van der Waals surface area contributed by atoms with E-state index in [4.69, 9.17) is 4.74 Å². The Morgan fingerprint density at radius 1 is 1.33 bits per heavy atom. The smallest absolute Gasteiger partial charge is 0.0750 e. The molecule has 0 aliphatic heterocycles. The summed E-state index contributed by atoms with van der Waals surface area (Å²) in [5.74, 6) is 0. The van der Waals surface area contributed by atoms with Crippen LogP contribution in [0.4, 0.5) is 0 Å². The van der Waals surface area contributed by atoms with Gasteiger partial charge in [-0.05, 0) is 11.6 Å². The first kappa shape index (κ1) is 13.0. The average molecular weight is 246 g/mol. The number of aromatic nitrogens is 1. The van der Waals surface area contributed by atoms with Crippen molar-refractivity contribution in [1.82, 2.24) is 10.3 Å². The molecule has 0 saturated carbocycles. The van der Waals surface area contributed by atoms with E-state index in [-0.39, 0.29) is 12.6 Å². The molecule has 4 nitrogen and oxygen atoms in total. The number of aliphatic hydroxyl groups excluding tert-OH is 1. The molecule has 1 aromatic carbocycles. The fraction of sp³-hybridized carbons (Fsp3) is 0.357. The van der Waals surface area contributed by atoms with Crippen molar-refractivity contribution in [1.29, 1.82) is 0 Å². The summed E-state index contributed by atoms with van der Waals surface area (Å²) in [5, 5.41) is 13.9. The van der Waals surface area contributed by atoms with Gasteiger partial charge in [0.25, 0.3) is 0 Å². The summed E-state index contributed by atoms with van der Waals surface area (Å²) >= 11 is 0. The minimum absolute atomic E-state index is 0.0411. The first-order chi connectivity index (χ1) is 8.86. The number of para-hydroxylation sites is 1. The Hall–Kier alpha value is -1.49. The van der Waals surface area contributed by atoms with Crippen molar-refractivity contribution >= 4 is 10.9 Å². The highest BCUT2D eigenvalue weighted by molar-refractivity contribution is 5.82. The maximum atomic E-state index is 9.51. The van der Waals surface area contributed by atoms with Gasteiger partial charge < -0.3 is 15.2 Å². The normalized spacial score (nSPS) is 12.8. The van der Waals surface area contributed by atoms with E-state index in [1.165, 1.54) is 0 Å². The molecule has 1 unspecified atom stereocenters. The van der Waals surface area contributed by atoms with Gasteiger partial charge in [0, 0.05) is 25.2 Å². The summed E-state index contributed by atoms with van der Waals surface area (Å²) < 4.78 is 5.00. The van der Waals surface area contributed by atoms with Crippen LogP contribution in [0.5, 0.6) is 0 Å². The van der Waals surface area contributed by atoms with E-state index in [2.05, 4.69) is 10.3 Å². The van der Waals surface area contributed by atoms with E-state index in [9.17, 15) is 5.11 Å². The first-order valence-corrected chi connectivity index (χ1v) is 6.03. The summed E-state index contributed by atoms with van der Waals surface area (Å²) in [6.07, 6.45) is 1.77. The molecule has 1 aromatic heterocycles. The van der Waals surface area contributed by atoms with E-state index in [0.29, 0.717) is 13.2 Å². The third kappa shape index (κ3) is 2.85. The molecular weight excluding hydrogens is 228 g/mol. The molecule has 0 radical (unpaired) electrons. The number of rotatable bonds is 6. The van der Waals surface area contributed by atoms with Crippen LogP contribution in [0.2, 0.25) is 0 Å². The topological polar surface area (TPSA) is 54.4 Å². The Kier molecular flexibility index (Phi) is 4.64. The monoisotopic (exact) mass is 246 g/mol. The molecule has 0 spiro atoms. The highest BCUT2D eigenvalue weighted by Crippen LogP contribution is 2.21. The van der Waals surface area contributed by atoms with Gasteiger partial charge in [-0.2, -0.15) is 0 Å². The van der Waals surface area contributed by atoms with Gasteiger partial charge in [-0.25, -0.2) is 0 Å². The molecule has 0 aliphatic carbocycles. The molecular formula is C14H18N2O2. The van der Waals surface area contributed by atoms with Crippen molar-refractivity contribution < 1.29 is 9.84 Å². The molecule has 2 aromatic rings. The van der Waals surface area contributed by atoms with Crippen molar-refractivity contribution in [2.75, 3.05) is 26.9 Å². The number of fused-ring (bicyclic) bond motifs is 1. The SMILES string of the molecule is COCCNC(CO)c1cccc2cccnc12. The number of benzene rings is 1. The number of pyridine rings is 1. The van der Waals surface area contributed by atoms with Crippen molar-refractivity contribution in [3.05, 3.63) is 42.1 Å². The second-order valence-corrected chi connectivity index (χ2v) is 4.10. The van der Waals surface area contributed by atoms with Gasteiger partial charge in [0.15, 0.2) is 0 Å². The summed E-state index contributed by atoms with van der Waals surface area (Å²) in [5.41, 5.74) is 1.95. The Morgan fingerprint density at radius 2 is 2.17 bits per heavy atom. The molecule has 0 bridgehead atoms. The number of nitrogens with one attached hydrogen (secondary N) is 1. The molecule has 1 atom stereocenters. The second kappa shape index (κ2) is 6.44. The van der Waals surface area contributed by atoms with Crippen LogP contribution in [-0.2, 0) is 4.74 Å². The number of ether oxygens (including phenoxy) is 1. The lowest BCUT2D eigenvalue weighted by molar-refractivity contribution is 0.184. The summed E-state index contributed by atoms with van der Waals surface area (Å²) in [4.78, 5) is 4.40. The standard InChI is InChI=1S/C14H18N2O2/c1-18-9-8-15-13(10-17)12-6-2-4-11-5-3-7-16-14(11)12/h2-7,13,15,17H,8-10H2,1H3. The molecule has 4 heteroatoms. The molecule has 1 heterocycles. The van der Waals surface area contributed by atoms with Gasteiger partial charge in [-0.15, -0.1) is 0 Å². The lowest BCUT2D eigenvalue weighted by Gasteiger charge is -2.17. The van der Waals surface area contributed by atoms with Gasteiger partial charge in [0.05, 0.1) is 24.8 Å². The van der Waals surface area contributed by atoms with Crippen LogP contribution in [0.25, 0.3) is 10.9 Å². The highest BCUT2D eigenvalue weighted by atomic mass is 16.5. The van der Waals surface area contributed by atoms with Crippen LogP contribution >= 0.6 is 0 Å². The molecule has 96 valence electrons. The number of methoxy groups -OCH3 is 1. The van der Waals surface area contributed by atoms with Gasteiger partial charge >= 0.3 is 0 Å². The molecule has 0 aliphatic rings. The van der Waals surface area contributed by atoms with Gasteiger partial charge in [0.1, 0.15) is 0 Å². The Labute approximate surface area is 107 Å². The quantitative estimate of drug-likeness (QED) is 0.758. The summed E-state index contributed by atoms with van der Waals surface area (Å²) in [7, 11) is 1.66. The second-order valence-electron chi connectivity index (χ2n) is 4.10. The third-order valence-corrected chi connectivity index (χ3v) is 2.92. The maximum Gasteiger partial charge on any atom is 0.0750 e. The summed E-state index contributed by atoms with van der Waals surface area (Å²) in [6.45, 7) is 1.36. The van der Waals surface area contributed by atoms with Gasteiger partial charge in [0.2, 0.25) is 0 Å². The lowest BCUT2D eigenvalue weighted by Crippen LogP contribution is -2.27. The van der Waals surface area contributed by atoms with E-state index in [0.717, 1.165) is 16.5 Å². The average Bonchev–Trinajstić information content (AvgIpc) is 2.43. The number of nitrogens with zero attached hydrogens (tertiary/aromatic N) is 1. The number of aliphatic hydroxyl groups is 1. The van der Waals surface area contributed by atoms with E-state index >= 15 is 0 Å². The Bertz CT molecular complexity index is 497. The van der Waals surface area contributed by atoms with Crippen LogP contribution in [0.1, 0.15) is 11.6 Å². The number of hydrogen-bond acceptors (Lipinski definition) is 4. The minimum atomic E-state index is -0.112. The third-order valence-electron chi connectivity index (χ3n) is 2.92. The van der Waals surface area contributed by atoms with Crippen LogP contribution in [0.3, 0.4) is 0 Å². The summed E-state index contributed by atoms with van der Waals surface area (Å²) in [6, 6.07) is 9.83. The van der Waals surface area contributed by atoms with Crippen LogP contribution in [-0.4, -0.2) is 37.0 Å². The molecule has 2 rings (SSSR count). The fourth-order valence-electron chi connectivity index (χ4n) is 2.02. The first-order valence-electron chi connectivity index (χ1n) is 6.03. The molecule has 18 heavy (non-hydrogen) atoms. The predicted octanol–water partition coefficient (Wildman–Crippen LogP) is 1.50. The zero-order valence-electron chi connectivity index (χ0n) is 10.5. The lowest BCUT2D eigenvalue weighted by atomic mass is 10.0. The Morgan fingerprint density at radius 3 is 2.94 bits per heavy atom. The molecule has 0 amide bonds. The van der Waals surface area contributed by atoms with Crippen LogP contribution in [0, 0.1) is 0 Å². The Balaban J connectivity index is 2.27.